The van der Waals surface area contributed by atoms with Crippen molar-refractivity contribution in [3.8, 4) is 11.9 Å². The van der Waals surface area contributed by atoms with E-state index in [9.17, 15) is 5.26 Å². The Labute approximate surface area is 124 Å². The van der Waals surface area contributed by atoms with Crippen LogP contribution in [0.15, 0.2) is 23.6 Å². The second kappa shape index (κ2) is 5.28. The minimum atomic E-state index is -0.0496. The summed E-state index contributed by atoms with van der Waals surface area (Å²) in [6, 6.07) is 2.25. The Balaban J connectivity index is 2.14. The maximum Gasteiger partial charge on any atom is 0.243 e. The molecule has 0 fully saturated rings. The average molecular weight is 284 g/mol. The number of hydrogen-bond acceptors (Lipinski definition) is 4. The Morgan fingerprint density at radius 3 is 2.95 bits per heavy atom. The highest BCUT2D eigenvalue weighted by molar-refractivity contribution is 5.50. The highest BCUT2D eigenvalue weighted by Gasteiger charge is 2.38. The van der Waals surface area contributed by atoms with E-state index in [2.05, 4.69) is 42.3 Å². The number of rotatable bonds is 2. The third kappa shape index (κ3) is 2.21. The number of hydrogen-bond donors (Lipinski definition) is 2. The minimum Gasteiger partial charge on any atom is -0.420 e. The van der Waals surface area contributed by atoms with E-state index < -0.39 is 0 Å². The van der Waals surface area contributed by atoms with Crippen molar-refractivity contribution in [3.05, 3.63) is 34.9 Å². The number of ether oxygens (including phenoxy) is 1. The first-order valence-electron chi connectivity index (χ1n) is 7.45. The molecule has 2 atom stereocenters. The number of H-pyrrole nitrogens is 1. The second-order valence-corrected chi connectivity index (χ2v) is 6.00. The van der Waals surface area contributed by atoms with Crippen LogP contribution in [-0.2, 0) is 0 Å². The van der Waals surface area contributed by atoms with Crippen LogP contribution in [-0.4, -0.2) is 10.2 Å². The highest BCUT2D eigenvalue weighted by atomic mass is 16.5. The SMILES string of the molecule is CC(C)c1[nH]nc2c1[C@H]([C@@H]1C=CCCC1)C(C#N)=C(N)O2. The van der Waals surface area contributed by atoms with E-state index in [1.165, 1.54) is 0 Å². The van der Waals surface area contributed by atoms with Crippen LogP contribution < -0.4 is 10.5 Å². The largest absolute Gasteiger partial charge is 0.420 e. The van der Waals surface area contributed by atoms with Crippen LogP contribution in [0.1, 0.15) is 56.2 Å². The molecule has 5 nitrogen and oxygen atoms in total. The van der Waals surface area contributed by atoms with Gasteiger partial charge in [0.1, 0.15) is 6.07 Å². The smallest absolute Gasteiger partial charge is 0.243 e. The molecule has 21 heavy (non-hydrogen) atoms. The Kier molecular flexibility index (Phi) is 3.46. The van der Waals surface area contributed by atoms with Gasteiger partial charge in [0.2, 0.25) is 11.8 Å². The van der Waals surface area contributed by atoms with Gasteiger partial charge in [0.15, 0.2) is 0 Å². The van der Waals surface area contributed by atoms with Crippen molar-refractivity contribution in [2.75, 3.05) is 0 Å². The maximum atomic E-state index is 9.53. The van der Waals surface area contributed by atoms with Crippen LogP contribution in [0.4, 0.5) is 0 Å². The molecule has 0 saturated heterocycles. The Morgan fingerprint density at radius 1 is 1.52 bits per heavy atom. The van der Waals surface area contributed by atoms with Gasteiger partial charge in [0.25, 0.3) is 0 Å². The Bertz CT molecular complexity index is 648. The molecule has 2 heterocycles. The Hall–Kier alpha value is -2.22. The lowest BCUT2D eigenvalue weighted by Gasteiger charge is -2.30. The van der Waals surface area contributed by atoms with E-state index in [4.69, 9.17) is 10.5 Å². The van der Waals surface area contributed by atoms with Gasteiger partial charge < -0.3 is 10.5 Å². The molecule has 0 bridgehead atoms. The quantitative estimate of drug-likeness (QED) is 0.817. The second-order valence-electron chi connectivity index (χ2n) is 6.00. The minimum absolute atomic E-state index is 0.0496. The lowest BCUT2D eigenvalue weighted by atomic mass is 9.75. The van der Waals surface area contributed by atoms with Crippen LogP contribution in [0, 0.1) is 17.2 Å². The monoisotopic (exact) mass is 284 g/mol. The first kappa shape index (κ1) is 13.7. The number of allylic oxidation sites excluding steroid dienone is 3. The maximum absolute atomic E-state index is 9.53. The number of nitrogens with two attached hydrogens (primary N) is 1. The van der Waals surface area contributed by atoms with Crippen LogP contribution in [0.2, 0.25) is 0 Å². The van der Waals surface area contributed by atoms with Gasteiger partial charge >= 0.3 is 0 Å². The molecule has 3 rings (SSSR count). The number of fused-ring (bicyclic) bond motifs is 1. The molecule has 2 aliphatic rings. The molecule has 5 heteroatoms. The summed E-state index contributed by atoms with van der Waals surface area (Å²) in [6.07, 6.45) is 7.72. The first-order valence-corrected chi connectivity index (χ1v) is 7.45. The fourth-order valence-corrected chi connectivity index (χ4v) is 3.29. The zero-order chi connectivity index (χ0) is 15.0. The third-order valence-electron chi connectivity index (χ3n) is 4.31. The normalized spacial score (nSPS) is 24.7. The molecule has 1 aliphatic carbocycles. The summed E-state index contributed by atoms with van der Waals surface area (Å²) in [4.78, 5) is 0. The molecule has 1 aromatic rings. The van der Waals surface area contributed by atoms with Crippen LogP contribution in [0.25, 0.3) is 0 Å². The molecule has 0 radical (unpaired) electrons. The Morgan fingerprint density at radius 2 is 2.33 bits per heavy atom. The standard InChI is InChI=1S/C16H20N4O/c1-9(2)14-13-12(10-6-4-3-5-7-10)11(8-17)15(18)21-16(13)20-19-14/h4,6,9-10,12H,3,5,7,18H2,1-2H3,(H,19,20)/t10-,12-/m1/s1. The predicted octanol–water partition coefficient (Wildman–Crippen LogP) is 3.06. The lowest BCUT2D eigenvalue weighted by molar-refractivity contribution is 0.354. The molecule has 0 saturated carbocycles. The van der Waals surface area contributed by atoms with Gasteiger partial charge in [-0.2, -0.15) is 5.26 Å². The molecule has 110 valence electrons. The van der Waals surface area contributed by atoms with E-state index in [0.29, 0.717) is 17.4 Å². The number of nitrogens with one attached hydrogen (secondary N) is 1. The van der Waals surface area contributed by atoms with Gasteiger partial charge in [-0.05, 0) is 31.1 Å². The summed E-state index contributed by atoms with van der Waals surface area (Å²) in [5.74, 6) is 1.24. The van der Waals surface area contributed by atoms with E-state index >= 15 is 0 Å². The molecule has 0 spiro atoms. The molecule has 0 aromatic carbocycles. The summed E-state index contributed by atoms with van der Waals surface area (Å²) in [5.41, 5.74) is 8.52. The van der Waals surface area contributed by atoms with Gasteiger partial charge in [-0.15, -0.1) is 5.10 Å². The average Bonchev–Trinajstić information content (AvgIpc) is 2.90. The van der Waals surface area contributed by atoms with Gasteiger partial charge in [-0.25, -0.2) is 0 Å². The predicted molar refractivity (Wildman–Crippen MR) is 79.4 cm³/mol. The summed E-state index contributed by atoms with van der Waals surface area (Å²) < 4.78 is 5.56. The van der Waals surface area contributed by atoms with E-state index in [1.54, 1.807) is 0 Å². The third-order valence-corrected chi connectivity index (χ3v) is 4.31. The molecule has 0 amide bonds. The van der Waals surface area contributed by atoms with Gasteiger partial charge in [-0.3, -0.25) is 5.10 Å². The fourth-order valence-electron chi connectivity index (χ4n) is 3.29. The van der Waals surface area contributed by atoms with E-state index in [-0.39, 0.29) is 17.7 Å². The summed E-state index contributed by atoms with van der Waals surface area (Å²) >= 11 is 0. The molecule has 1 aromatic heterocycles. The number of aromatic amines is 1. The summed E-state index contributed by atoms with van der Waals surface area (Å²) in [6.45, 7) is 4.21. The van der Waals surface area contributed by atoms with Crippen LogP contribution >= 0.6 is 0 Å². The van der Waals surface area contributed by atoms with E-state index in [1.807, 2.05) is 0 Å². The van der Waals surface area contributed by atoms with Crippen molar-refractivity contribution < 1.29 is 4.74 Å². The molecule has 3 N–H and O–H groups in total. The van der Waals surface area contributed by atoms with Crippen molar-refractivity contribution >= 4 is 0 Å². The fraction of sp³-hybridized carbons (Fsp3) is 0.500. The topological polar surface area (TPSA) is 87.7 Å². The van der Waals surface area contributed by atoms with E-state index in [0.717, 1.165) is 30.5 Å². The molecule has 0 unspecified atom stereocenters. The molecular weight excluding hydrogens is 264 g/mol. The van der Waals surface area contributed by atoms with Gasteiger partial charge in [0.05, 0.1) is 5.57 Å². The zero-order valence-electron chi connectivity index (χ0n) is 12.4. The summed E-state index contributed by atoms with van der Waals surface area (Å²) in [7, 11) is 0. The molecule has 1 aliphatic heterocycles. The van der Waals surface area contributed by atoms with Gasteiger partial charge in [-0.1, -0.05) is 26.0 Å². The highest BCUT2D eigenvalue weighted by Crippen LogP contribution is 2.47. The van der Waals surface area contributed by atoms with Crippen molar-refractivity contribution in [1.29, 1.82) is 5.26 Å². The van der Waals surface area contributed by atoms with Crippen molar-refractivity contribution in [1.82, 2.24) is 10.2 Å². The van der Waals surface area contributed by atoms with Crippen LogP contribution in [0.5, 0.6) is 5.88 Å². The number of nitrogens with zero attached hydrogens (tertiary/aromatic N) is 2. The van der Waals surface area contributed by atoms with Crippen molar-refractivity contribution in [2.24, 2.45) is 11.7 Å². The number of aromatic nitrogens is 2. The van der Waals surface area contributed by atoms with Gasteiger partial charge in [0, 0.05) is 17.2 Å². The zero-order valence-corrected chi connectivity index (χ0v) is 12.4. The van der Waals surface area contributed by atoms with Crippen molar-refractivity contribution in [2.45, 2.75) is 44.9 Å². The first-order chi connectivity index (χ1) is 10.1. The molecular formula is C16H20N4O. The lowest BCUT2D eigenvalue weighted by Crippen LogP contribution is -2.25. The number of nitriles is 1. The summed E-state index contributed by atoms with van der Waals surface area (Å²) in [5, 5.41) is 16.8. The van der Waals surface area contributed by atoms with Crippen LogP contribution in [0.3, 0.4) is 0 Å². The van der Waals surface area contributed by atoms with Crippen molar-refractivity contribution in [3.63, 3.8) is 0 Å².